The van der Waals surface area contributed by atoms with Crippen LogP contribution in [0.5, 0.6) is 0 Å². The molecule has 6 nitrogen and oxygen atoms in total. The molecule has 1 atom stereocenters. The molecular formula is C16H22N4O2. The number of carbonyl (C=O) groups is 1. The second kappa shape index (κ2) is 7.70. The lowest BCUT2D eigenvalue weighted by Gasteiger charge is -2.15. The van der Waals surface area contributed by atoms with Crippen molar-refractivity contribution >= 4 is 5.91 Å². The van der Waals surface area contributed by atoms with Gasteiger partial charge in [0.1, 0.15) is 6.10 Å². The van der Waals surface area contributed by atoms with Crippen LogP contribution >= 0.6 is 0 Å². The van der Waals surface area contributed by atoms with E-state index >= 15 is 0 Å². The predicted molar refractivity (Wildman–Crippen MR) is 83.5 cm³/mol. The molecule has 2 rings (SSSR count). The molecule has 0 aliphatic rings. The standard InChI is InChI=1S/C16H22N4O2/c1-12(2)11-22-13(3)16(21)18-10-14-6-4-7-17-15(14)20-9-5-8-19-20/h4-9,12-13H,10-11H2,1-3H3,(H,18,21). The van der Waals surface area contributed by atoms with Gasteiger partial charge in [0.25, 0.3) is 0 Å². The molecule has 0 spiro atoms. The van der Waals surface area contributed by atoms with E-state index in [1.54, 1.807) is 24.0 Å². The summed E-state index contributed by atoms with van der Waals surface area (Å²) in [5.74, 6) is 0.986. The van der Waals surface area contributed by atoms with Crippen molar-refractivity contribution in [1.82, 2.24) is 20.1 Å². The molecular weight excluding hydrogens is 280 g/mol. The number of rotatable bonds is 7. The van der Waals surface area contributed by atoms with Crippen molar-refractivity contribution in [2.75, 3.05) is 6.61 Å². The lowest BCUT2D eigenvalue weighted by molar-refractivity contribution is -0.132. The lowest BCUT2D eigenvalue weighted by atomic mass is 10.2. The summed E-state index contributed by atoms with van der Waals surface area (Å²) in [4.78, 5) is 16.4. The highest BCUT2D eigenvalue weighted by molar-refractivity contribution is 5.80. The van der Waals surface area contributed by atoms with Crippen LogP contribution in [-0.4, -0.2) is 33.4 Å². The molecule has 0 saturated heterocycles. The SMILES string of the molecule is CC(C)COC(C)C(=O)NCc1cccnc1-n1cccn1. The predicted octanol–water partition coefficient (Wildman–Crippen LogP) is 1.94. The van der Waals surface area contributed by atoms with Crippen LogP contribution in [-0.2, 0) is 16.1 Å². The number of ether oxygens (including phenoxy) is 1. The first-order chi connectivity index (χ1) is 10.6. The zero-order valence-electron chi connectivity index (χ0n) is 13.2. The maximum atomic E-state index is 12.0. The van der Waals surface area contributed by atoms with Gasteiger partial charge in [-0.05, 0) is 25.0 Å². The molecule has 118 valence electrons. The lowest BCUT2D eigenvalue weighted by Crippen LogP contribution is -2.35. The summed E-state index contributed by atoms with van der Waals surface area (Å²) in [7, 11) is 0. The maximum Gasteiger partial charge on any atom is 0.249 e. The van der Waals surface area contributed by atoms with Gasteiger partial charge in [-0.1, -0.05) is 19.9 Å². The van der Waals surface area contributed by atoms with Crippen LogP contribution in [0.3, 0.4) is 0 Å². The zero-order valence-corrected chi connectivity index (χ0v) is 13.2. The molecule has 6 heteroatoms. The van der Waals surface area contributed by atoms with E-state index in [0.29, 0.717) is 24.9 Å². The van der Waals surface area contributed by atoms with Crippen molar-refractivity contribution in [2.45, 2.75) is 33.4 Å². The summed E-state index contributed by atoms with van der Waals surface area (Å²) in [5, 5.41) is 7.05. The molecule has 0 bridgehead atoms. The van der Waals surface area contributed by atoms with Crippen molar-refractivity contribution in [1.29, 1.82) is 0 Å². The summed E-state index contributed by atoms with van der Waals surface area (Å²) >= 11 is 0. The Balaban J connectivity index is 1.96. The molecule has 0 fully saturated rings. The second-order valence-electron chi connectivity index (χ2n) is 5.52. The highest BCUT2D eigenvalue weighted by atomic mass is 16.5. The first-order valence-electron chi connectivity index (χ1n) is 7.41. The fourth-order valence-corrected chi connectivity index (χ4v) is 1.91. The third kappa shape index (κ3) is 4.39. The van der Waals surface area contributed by atoms with Crippen molar-refractivity contribution in [3.63, 3.8) is 0 Å². The van der Waals surface area contributed by atoms with E-state index in [0.717, 1.165) is 5.56 Å². The van der Waals surface area contributed by atoms with E-state index in [2.05, 4.69) is 29.2 Å². The Morgan fingerprint density at radius 1 is 1.32 bits per heavy atom. The number of pyridine rings is 1. The van der Waals surface area contributed by atoms with Crippen LogP contribution in [0.1, 0.15) is 26.3 Å². The minimum atomic E-state index is -0.466. The monoisotopic (exact) mass is 302 g/mol. The van der Waals surface area contributed by atoms with E-state index in [4.69, 9.17) is 4.74 Å². The number of aromatic nitrogens is 3. The summed E-state index contributed by atoms with van der Waals surface area (Å²) in [6, 6.07) is 5.59. The number of amides is 1. The van der Waals surface area contributed by atoms with Gasteiger partial charge in [0, 0.05) is 37.3 Å². The van der Waals surface area contributed by atoms with Crippen molar-refractivity contribution in [3.8, 4) is 5.82 Å². The van der Waals surface area contributed by atoms with Gasteiger partial charge in [0.05, 0.1) is 0 Å². The molecule has 0 saturated carbocycles. The molecule has 22 heavy (non-hydrogen) atoms. The number of hydrogen-bond donors (Lipinski definition) is 1. The quantitative estimate of drug-likeness (QED) is 0.848. The van der Waals surface area contributed by atoms with Gasteiger partial charge in [-0.2, -0.15) is 5.10 Å². The maximum absolute atomic E-state index is 12.0. The fraction of sp³-hybridized carbons (Fsp3) is 0.438. The largest absolute Gasteiger partial charge is 0.368 e. The summed E-state index contributed by atoms with van der Waals surface area (Å²) in [5.41, 5.74) is 0.899. The fourth-order valence-electron chi connectivity index (χ4n) is 1.91. The second-order valence-corrected chi connectivity index (χ2v) is 5.52. The first kappa shape index (κ1) is 16.2. The van der Waals surface area contributed by atoms with Crippen molar-refractivity contribution in [3.05, 3.63) is 42.4 Å². The van der Waals surface area contributed by atoms with Crippen LogP contribution < -0.4 is 5.32 Å². The van der Waals surface area contributed by atoms with E-state index in [1.807, 2.05) is 24.4 Å². The minimum absolute atomic E-state index is 0.129. The third-order valence-corrected chi connectivity index (χ3v) is 3.09. The highest BCUT2D eigenvalue weighted by Crippen LogP contribution is 2.10. The van der Waals surface area contributed by atoms with Gasteiger partial charge in [-0.15, -0.1) is 0 Å². The molecule has 0 aliphatic heterocycles. The van der Waals surface area contributed by atoms with Crippen molar-refractivity contribution in [2.24, 2.45) is 5.92 Å². The molecule has 2 aromatic heterocycles. The van der Waals surface area contributed by atoms with E-state index < -0.39 is 6.10 Å². The number of nitrogens with zero attached hydrogens (tertiary/aromatic N) is 3. The summed E-state index contributed by atoms with van der Waals surface area (Å²) in [6.07, 6.45) is 4.75. The van der Waals surface area contributed by atoms with Gasteiger partial charge < -0.3 is 10.1 Å². The highest BCUT2D eigenvalue weighted by Gasteiger charge is 2.14. The molecule has 0 radical (unpaired) electrons. The topological polar surface area (TPSA) is 69.0 Å². The molecule has 1 unspecified atom stereocenters. The van der Waals surface area contributed by atoms with Crippen LogP contribution in [0.25, 0.3) is 5.82 Å². The summed E-state index contributed by atoms with van der Waals surface area (Å²) < 4.78 is 7.19. The normalized spacial score (nSPS) is 12.4. The zero-order chi connectivity index (χ0) is 15.9. The molecule has 1 N–H and O–H groups in total. The smallest absolute Gasteiger partial charge is 0.249 e. The Bertz CT molecular complexity index is 596. The third-order valence-electron chi connectivity index (χ3n) is 3.09. The van der Waals surface area contributed by atoms with Gasteiger partial charge >= 0.3 is 0 Å². The summed E-state index contributed by atoms with van der Waals surface area (Å²) in [6.45, 7) is 6.82. The van der Waals surface area contributed by atoms with Crippen LogP contribution in [0.2, 0.25) is 0 Å². The van der Waals surface area contributed by atoms with Crippen LogP contribution in [0, 0.1) is 5.92 Å². The molecule has 2 heterocycles. The number of carbonyl (C=O) groups excluding carboxylic acids is 1. The molecule has 1 amide bonds. The van der Waals surface area contributed by atoms with Crippen LogP contribution in [0.15, 0.2) is 36.8 Å². The van der Waals surface area contributed by atoms with E-state index in [9.17, 15) is 4.79 Å². The Morgan fingerprint density at radius 3 is 2.82 bits per heavy atom. The van der Waals surface area contributed by atoms with Gasteiger partial charge in [-0.3, -0.25) is 4.79 Å². The Labute approximate surface area is 130 Å². The van der Waals surface area contributed by atoms with E-state index in [1.165, 1.54) is 0 Å². The molecule has 0 aromatic carbocycles. The Hall–Kier alpha value is -2.21. The number of nitrogens with one attached hydrogen (secondary N) is 1. The molecule has 0 aliphatic carbocycles. The van der Waals surface area contributed by atoms with Crippen LogP contribution in [0.4, 0.5) is 0 Å². The van der Waals surface area contributed by atoms with Crippen molar-refractivity contribution < 1.29 is 9.53 Å². The van der Waals surface area contributed by atoms with Gasteiger partial charge in [-0.25, -0.2) is 9.67 Å². The average molecular weight is 302 g/mol. The van der Waals surface area contributed by atoms with Gasteiger partial charge in [0.15, 0.2) is 5.82 Å². The minimum Gasteiger partial charge on any atom is -0.368 e. The Morgan fingerprint density at radius 2 is 2.14 bits per heavy atom. The first-order valence-corrected chi connectivity index (χ1v) is 7.41. The van der Waals surface area contributed by atoms with E-state index in [-0.39, 0.29) is 5.91 Å². The Kier molecular flexibility index (Phi) is 5.66. The average Bonchev–Trinajstić information content (AvgIpc) is 3.04. The molecule has 2 aromatic rings. The number of hydrogen-bond acceptors (Lipinski definition) is 4. The van der Waals surface area contributed by atoms with Gasteiger partial charge in [0.2, 0.25) is 5.91 Å².